The fourth-order valence-corrected chi connectivity index (χ4v) is 0.692. The van der Waals surface area contributed by atoms with Gasteiger partial charge in [-0.15, -0.1) is 0 Å². The minimum atomic E-state index is -0.484. The third kappa shape index (κ3) is 3.94. The van der Waals surface area contributed by atoms with Gasteiger partial charge in [0.1, 0.15) is 12.7 Å². The lowest BCUT2D eigenvalue weighted by molar-refractivity contribution is -0.143. The lowest BCUT2D eigenvalue weighted by Crippen LogP contribution is -2.12. The zero-order valence-corrected chi connectivity index (χ0v) is 7.75. The smallest absolute Gasteiger partial charge is 0.372 e. The third-order valence-corrected chi connectivity index (χ3v) is 1.51. The first-order chi connectivity index (χ1) is 6.24. The van der Waals surface area contributed by atoms with Crippen LogP contribution in [0.1, 0.15) is 13.3 Å². The molecule has 1 unspecified atom stereocenters. The van der Waals surface area contributed by atoms with E-state index in [1.807, 2.05) is 6.92 Å². The molecule has 0 aliphatic carbocycles. The van der Waals surface area contributed by atoms with Crippen LogP contribution in [0.4, 0.5) is 0 Å². The highest BCUT2D eigenvalue weighted by molar-refractivity contribution is 5.85. The molecule has 0 amide bonds. The molecule has 4 nitrogen and oxygen atoms in total. The Labute approximate surface area is 77.5 Å². The van der Waals surface area contributed by atoms with Crippen molar-refractivity contribution >= 4 is 5.97 Å². The Kier molecular flexibility index (Phi) is 3.76. The van der Waals surface area contributed by atoms with Gasteiger partial charge in [0.05, 0.1) is 13.2 Å². The summed E-state index contributed by atoms with van der Waals surface area (Å²) in [5.74, 6) is -0.425. The van der Waals surface area contributed by atoms with Gasteiger partial charge < -0.3 is 14.2 Å². The summed E-state index contributed by atoms with van der Waals surface area (Å²) in [6.07, 6.45) is 0.931. The summed E-state index contributed by atoms with van der Waals surface area (Å²) in [7, 11) is 0. The van der Waals surface area contributed by atoms with E-state index in [9.17, 15) is 4.79 Å². The number of rotatable bonds is 6. The van der Waals surface area contributed by atoms with Crippen molar-refractivity contribution in [2.24, 2.45) is 0 Å². The summed E-state index contributed by atoms with van der Waals surface area (Å²) < 4.78 is 14.7. The molecule has 0 N–H and O–H groups in total. The first-order valence-corrected chi connectivity index (χ1v) is 4.34. The summed E-state index contributed by atoms with van der Waals surface area (Å²) in [5.41, 5.74) is 0. The molecule has 0 saturated carbocycles. The average Bonchev–Trinajstić information content (AvgIpc) is 2.93. The molecule has 0 radical (unpaired) electrons. The van der Waals surface area contributed by atoms with E-state index in [0.717, 1.165) is 6.42 Å². The van der Waals surface area contributed by atoms with Gasteiger partial charge in [-0.25, -0.2) is 4.79 Å². The molecule has 0 spiro atoms. The van der Waals surface area contributed by atoms with Crippen LogP contribution in [0.25, 0.3) is 0 Å². The van der Waals surface area contributed by atoms with Crippen molar-refractivity contribution < 1.29 is 19.0 Å². The molecule has 1 fully saturated rings. The SMILES string of the molecule is C=C(OCC1CO1)C(=O)OCCC. The molecule has 0 aromatic rings. The minimum absolute atomic E-state index is 0.0592. The molecular formula is C9H14O4. The normalized spacial score (nSPS) is 19.3. The lowest BCUT2D eigenvalue weighted by Gasteiger charge is -2.06. The second-order valence-corrected chi connectivity index (χ2v) is 2.83. The van der Waals surface area contributed by atoms with Crippen molar-refractivity contribution in [3.05, 3.63) is 12.3 Å². The zero-order valence-electron chi connectivity index (χ0n) is 7.75. The molecule has 0 aromatic heterocycles. The van der Waals surface area contributed by atoms with Crippen LogP contribution >= 0.6 is 0 Å². The second-order valence-electron chi connectivity index (χ2n) is 2.83. The lowest BCUT2D eigenvalue weighted by atomic mass is 10.5. The molecule has 13 heavy (non-hydrogen) atoms. The summed E-state index contributed by atoms with van der Waals surface area (Å²) >= 11 is 0. The van der Waals surface area contributed by atoms with Crippen LogP contribution in [0.15, 0.2) is 12.3 Å². The summed E-state index contributed by atoms with van der Waals surface area (Å²) in [4.78, 5) is 11.0. The first-order valence-electron chi connectivity index (χ1n) is 4.34. The third-order valence-electron chi connectivity index (χ3n) is 1.51. The Balaban J connectivity index is 2.09. The fourth-order valence-electron chi connectivity index (χ4n) is 0.692. The molecule has 1 aliphatic rings. The molecule has 74 valence electrons. The number of hydrogen-bond donors (Lipinski definition) is 0. The second kappa shape index (κ2) is 4.87. The molecule has 0 aromatic carbocycles. The van der Waals surface area contributed by atoms with Crippen LogP contribution in [0.5, 0.6) is 0 Å². The average molecular weight is 186 g/mol. The molecule has 0 bridgehead atoms. The molecule has 1 aliphatic heterocycles. The van der Waals surface area contributed by atoms with Gasteiger partial charge in [-0.05, 0) is 13.0 Å². The highest BCUT2D eigenvalue weighted by Crippen LogP contribution is 2.10. The van der Waals surface area contributed by atoms with E-state index in [1.54, 1.807) is 0 Å². The highest BCUT2D eigenvalue weighted by Gasteiger charge is 2.24. The van der Waals surface area contributed by atoms with Crippen molar-refractivity contribution in [2.45, 2.75) is 19.4 Å². The Morgan fingerprint density at radius 3 is 2.85 bits per heavy atom. The van der Waals surface area contributed by atoms with Gasteiger partial charge in [0.25, 0.3) is 0 Å². The van der Waals surface area contributed by atoms with Crippen LogP contribution in [0.2, 0.25) is 0 Å². The number of hydrogen-bond acceptors (Lipinski definition) is 4. The number of epoxide rings is 1. The Morgan fingerprint density at radius 1 is 1.62 bits per heavy atom. The standard InChI is InChI=1S/C9H14O4/c1-3-4-11-9(10)7(2)12-5-8-6-13-8/h8H,2-6H2,1H3. The number of carbonyl (C=O) groups excluding carboxylic acids is 1. The van der Waals surface area contributed by atoms with Gasteiger partial charge in [0, 0.05) is 0 Å². The first kappa shape index (κ1) is 10.1. The topological polar surface area (TPSA) is 48.1 Å². The van der Waals surface area contributed by atoms with Gasteiger partial charge in [0.15, 0.2) is 5.76 Å². The van der Waals surface area contributed by atoms with E-state index >= 15 is 0 Å². The van der Waals surface area contributed by atoms with Crippen molar-refractivity contribution in [1.82, 2.24) is 0 Å². The zero-order chi connectivity index (χ0) is 9.68. The molecular weight excluding hydrogens is 172 g/mol. The maximum Gasteiger partial charge on any atom is 0.372 e. The van der Waals surface area contributed by atoms with Gasteiger partial charge in [-0.2, -0.15) is 0 Å². The predicted octanol–water partition coefficient (Wildman–Crippen LogP) is 0.869. The Hall–Kier alpha value is -1.03. The Bertz CT molecular complexity index is 196. The number of carbonyl (C=O) groups is 1. The molecule has 1 heterocycles. The van der Waals surface area contributed by atoms with E-state index in [-0.39, 0.29) is 11.9 Å². The summed E-state index contributed by atoms with van der Waals surface area (Å²) in [5, 5.41) is 0. The quantitative estimate of drug-likeness (QED) is 0.267. The monoisotopic (exact) mass is 186 g/mol. The number of ether oxygens (including phenoxy) is 3. The van der Waals surface area contributed by atoms with Crippen LogP contribution < -0.4 is 0 Å². The maximum atomic E-state index is 11.0. The summed E-state index contributed by atoms with van der Waals surface area (Å²) in [6.45, 7) is 6.88. The van der Waals surface area contributed by atoms with Gasteiger partial charge in [0.2, 0.25) is 0 Å². The summed E-state index contributed by atoms with van der Waals surface area (Å²) in [6, 6.07) is 0. The van der Waals surface area contributed by atoms with Crippen LogP contribution in [0, 0.1) is 0 Å². The van der Waals surface area contributed by atoms with E-state index in [1.165, 1.54) is 0 Å². The van der Waals surface area contributed by atoms with Gasteiger partial charge in [-0.3, -0.25) is 0 Å². The van der Waals surface area contributed by atoms with E-state index in [0.29, 0.717) is 19.8 Å². The van der Waals surface area contributed by atoms with Gasteiger partial charge >= 0.3 is 5.97 Å². The van der Waals surface area contributed by atoms with E-state index in [2.05, 4.69) is 6.58 Å². The fraction of sp³-hybridized carbons (Fsp3) is 0.667. The van der Waals surface area contributed by atoms with Crippen LogP contribution in [-0.4, -0.2) is 31.9 Å². The molecule has 1 atom stereocenters. The van der Waals surface area contributed by atoms with E-state index in [4.69, 9.17) is 14.2 Å². The van der Waals surface area contributed by atoms with Crippen molar-refractivity contribution in [2.75, 3.05) is 19.8 Å². The van der Waals surface area contributed by atoms with Crippen molar-refractivity contribution in [3.63, 3.8) is 0 Å². The van der Waals surface area contributed by atoms with Crippen LogP contribution in [0.3, 0.4) is 0 Å². The molecule has 1 saturated heterocycles. The highest BCUT2D eigenvalue weighted by atomic mass is 16.6. The van der Waals surface area contributed by atoms with Crippen molar-refractivity contribution in [1.29, 1.82) is 0 Å². The minimum Gasteiger partial charge on any atom is -0.484 e. The van der Waals surface area contributed by atoms with E-state index < -0.39 is 5.97 Å². The molecule has 4 heteroatoms. The predicted molar refractivity (Wildman–Crippen MR) is 46.1 cm³/mol. The molecule has 1 rings (SSSR count). The van der Waals surface area contributed by atoms with Gasteiger partial charge in [-0.1, -0.05) is 6.92 Å². The maximum absolute atomic E-state index is 11.0. The van der Waals surface area contributed by atoms with Crippen molar-refractivity contribution in [3.8, 4) is 0 Å². The largest absolute Gasteiger partial charge is 0.484 e. The van der Waals surface area contributed by atoms with Crippen LogP contribution in [-0.2, 0) is 19.0 Å². The number of esters is 1. The Morgan fingerprint density at radius 2 is 2.31 bits per heavy atom.